The zero-order chi connectivity index (χ0) is 8.65. The Morgan fingerprint density at radius 2 is 2.18 bits per heavy atom. The fourth-order valence-electron chi connectivity index (χ4n) is 1.51. The van der Waals surface area contributed by atoms with Gasteiger partial charge in [-0.1, -0.05) is 20.8 Å². The molecule has 0 aromatic carbocycles. The molecule has 1 aliphatic rings. The summed E-state index contributed by atoms with van der Waals surface area (Å²) in [5.41, 5.74) is 0.420. The largest absolute Gasteiger partial charge is 0.481 e. The summed E-state index contributed by atoms with van der Waals surface area (Å²) in [6.07, 6.45) is 2.05. The molecule has 11 heavy (non-hydrogen) atoms. The first-order valence-electron chi connectivity index (χ1n) is 4.16. The first-order valence-corrected chi connectivity index (χ1v) is 4.16. The van der Waals surface area contributed by atoms with Gasteiger partial charge in [0.1, 0.15) is 0 Å². The number of hydrogen-bond acceptors (Lipinski definition) is 1. The monoisotopic (exact) mass is 156 g/mol. The Labute approximate surface area is 67.6 Å². The lowest BCUT2D eigenvalue weighted by atomic mass is 10.00. The van der Waals surface area contributed by atoms with Crippen LogP contribution in [0.15, 0.2) is 0 Å². The molecule has 0 saturated heterocycles. The van der Waals surface area contributed by atoms with Crippen LogP contribution in [-0.2, 0) is 4.79 Å². The predicted molar refractivity (Wildman–Crippen MR) is 43.3 cm³/mol. The molecule has 1 fully saturated rings. The highest BCUT2D eigenvalue weighted by Gasteiger charge is 2.46. The summed E-state index contributed by atoms with van der Waals surface area (Å²) in [6.45, 7) is 6.19. The normalized spacial score (nSPS) is 29.5. The molecule has 0 aromatic heterocycles. The molecule has 0 aliphatic heterocycles. The van der Waals surface area contributed by atoms with Crippen LogP contribution >= 0.6 is 0 Å². The Morgan fingerprint density at radius 1 is 1.73 bits per heavy atom. The fraction of sp³-hybridized carbons (Fsp3) is 0.889. The molecule has 0 bridgehead atoms. The minimum atomic E-state index is -0.660. The number of hydrogen-bond donors (Lipinski definition) is 1. The van der Waals surface area contributed by atoms with E-state index in [1.54, 1.807) is 6.92 Å². The van der Waals surface area contributed by atoms with Crippen molar-refractivity contribution in [3.05, 3.63) is 0 Å². The molecule has 0 spiro atoms. The van der Waals surface area contributed by atoms with Crippen molar-refractivity contribution in [3.8, 4) is 0 Å². The van der Waals surface area contributed by atoms with Crippen LogP contribution < -0.4 is 0 Å². The van der Waals surface area contributed by atoms with Gasteiger partial charge in [-0.25, -0.2) is 0 Å². The van der Waals surface area contributed by atoms with Crippen LogP contribution in [0.4, 0.5) is 0 Å². The van der Waals surface area contributed by atoms with Crippen LogP contribution in [0.5, 0.6) is 0 Å². The van der Waals surface area contributed by atoms with Gasteiger partial charge < -0.3 is 5.11 Å². The van der Waals surface area contributed by atoms with Crippen LogP contribution in [0.2, 0.25) is 0 Å². The zero-order valence-electron chi connectivity index (χ0n) is 7.42. The third-order valence-electron chi connectivity index (χ3n) is 2.78. The van der Waals surface area contributed by atoms with Crippen LogP contribution in [0, 0.1) is 17.3 Å². The van der Waals surface area contributed by atoms with E-state index in [9.17, 15) is 4.79 Å². The quantitative estimate of drug-likeness (QED) is 0.679. The Bertz CT molecular complexity index is 172. The highest BCUT2D eigenvalue weighted by molar-refractivity contribution is 5.69. The van der Waals surface area contributed by atoms with Crippen molar-refractivity contribution in [3.63, 3.8) is 0 Å². The summed E-state index contributed by atoms with van der Waals surface area (Å²) >= 11 is 0. The van der Waals surface area contributed by atoms with Crippen molar-refractivity contribution in [2.24, 2.45) is 17.3 Å². The molecule has 1 N–H and O–H groups in total. The molecule has 2 atom stereocenters. The van der Waals surface area contributed by atoms with Gasteiger partial charge >= 0.3 is 5.97 Å². The molecule has 1 aliphatic carbocycles. The zero-order valence-corrected chi connectivity index (χ0v) is 7.42. The summed E-state index contributed by atoms with van der Waals surface area (Å²) in [5, 5.41) is 8.63. The summed E-state index contributed by atoms with van der Waals surface area (Å²) in [5.74, 6) is -0.178. The minimum Gasteiger partial charge on any atom is -0.481 e. The summed E-state index contributed by atoms with van der Waals surface area (Å²) in [4.78, 5) is 10.5. The summed E-state index contributed by atoms with van der Waals surface area (Å²) in [6, 6.07) is 0. The van der Waals surface area contributed by atoms with Crippen LogP contribution in [0.25, 0.3) is 0 Å². The van der Waals surface area contributed by atoms with Crippen LogP contribution in [0.1, 0.15) is 33.6 Å². The Morgan fingerprint density at radius 3 is 2.45 bits per heavy atom. The molecule has 1 saturated carbocycles. The number of rotatable bonds is 3. The van der Waals surface area contributed by atoms with Gasteiger partial charge in [0.2, 0.25) is 0 Å². The minimum absolute atomic E-state index is 0.165. The van der Waals surface area contributed by atoms with Crippen molar-refractivity contribution in [2.45, 2.75) is 33.6 Å². The second-order valence-corrected chi connectivity index (χ2v) is 4.36. The number of carbonyl (C=O) groups is 1. The molecule has 0 radical (unpaired) electrons. The third kappa shape index (κ3) is 1.95. The van der Waals surface area contributed by atoms with Crippen LogP contribution in [0.3, 0.4) is 0 Å². The fourth-order valence-corrected chi connectivity index (χ4v) is 1.51. The van der Waals surface area contributed by atoms with Gasteiger partial charge in [-0.05, 0) is 24.2 Å². The van der Waals surface area contributed by atoms with E-state index in [-0.39, 0.29) is 5.92 Å². The van der Waals surface area contributed by atoms with Crippen molar-refractivity contribution in [2.75, 3.05) is 0 Å². The van der Waals surface area contributed by atoms with E-state index < -0.39 is 5.97 Å². The topological polar surface area (TPSA) is 37.3 Å². The molecule has 2 unspecified atom stereocenters. The second kappa shape index (κ2) is 2.50. The maximum atomic E-state index is 10.5. The average Bonchev–Trinajstić information content (AvgIpc) is 2.39. The Hall–Kier alpha value is -0.530. The first-order chi connectivity index (χ1) is 4.93. The third-order valence-corrected chi connectivity index (χ3v) is 2.78. The van der Waals surface area contributed by atoms with Crippen molar-refractivity contribution < 1.29 is 9.90 Å². The van der Waals surface area contributed by atoms with Crippen LogP contribution in [-0.4, -0.2) is 11.1 Å². The smallest absolute Gasteiger partial charge is 0.306 e. The molecule has 64 valence electrons. The number of aliphatic carboxylic acids is 1. The van der Waals surface area contributed by atoms with Gasteiger partial charge in [0.05, 0.1) is 5.92 Å². The van der Waals surface area contributed by atoms with E-state index in [4.69, 9.17) is 5.11 Å². The van der Waals surface area contributed by atoms with Crippen molar-refractivity contribution in [1.82, 2.24) is 0 Å². The molecule has 0 amide bonds. The van der Waals surface area contributed by atoms with Gasteiger partial charge in [-0.15, -0.1) is 0 Å². The Balaban J connectivity index is 2.29. The van der Waals surface area contributed by atoms with Gasteiger partial charge in [0.15, 0.2) is 0 Å². The van der Waals surface area contributed by atoms with E-state index >= 15 is 0 Å². The number of carboxylic acids is 1. The van der Waals surface area contributed by atoms with Crippen molar-refractivity contribution >= 4 is 5.97 Å². The summed E-state index contributed by atoms with van der Waals surface area (Å²) < 4.78 is 0. The lowest BCUT2D eigenvalue weighted by Crippen LogP contribution is -2.11. The van der Waals surface area contributed by atoms with Gasteiger partial charge in [-0.3, -0.25) is 4.79 Å². The lowest BCUT2D eigenvalue weighted by molar-refractivity contribution is -0.141. The molecule has 0 aromatic rings. The predicted octanol–water partition coefficient (Wildman–Crippen LogP) is 2.14. The molecular formula is C9H16O2. The van der Waals surface area contributed by atoms with E-state index in [1.165, 1.54) is 6.42 Å². The highest BCUT2D eigenvalue weighted by atomic mass is 16.4. The molecule has 2 nitrogen and oxygen atoms in total. The molecule has 0 heterocycles. The highest BCUT2D eigenvalue weighted by Crippen LogP contribution is 2.54. The lowest BCUT2D eigenvalue weighted by Gasteiger charge is -2.06. The van der Waals surface area contributed by atoms with E-state index in [0.29, 0.717) is 11.3 Å². The maximum Gasteiger partial charge on any atom is 0.306 e. The van der Waals surface area contributed by atoms with E-state index in [2.05, 4.69) is 13.8 Å². The summed E-state index contributed by atoms with van der Waals surface area (Å²) in [7, 11) is 0. The maximum absolute atomic E-state index is 10.5. The van der Waals surface area contributed by atoms with E-state index in [0.717, 1.165) is 6.42 Å². The standard InChI is InChI=1S/C9H16O2/c1-6(8(10)11)4-7-5-9(7,2)3/h6-7H,4-5H2,1-3H3,(H,10,11). The first kappa shape index (κ1) is 8.57. The molecular weight excluding hydrogens is 140 g/mol. The van der Waals surface area contributed by atoms with Gasteiger partial charge in [-0.2, -0.15) is 0 Å². The number of carboxylic acid groups (broad SMARTS) is 1. The van der Waals surface area contributed by atoms with Crippen molar-refractivity contribution in [1.29, 1.82) is 0 Å². The molecule has 1 rings (SSSR count). The second-order valence-electron chi connectivity index (χ2n) is 4.36. The van der Waals surface area contributed by atoms with Gasteiger partial charge in [0, 0.05) is 0 Å². The van der Waals surface area contributed by atoms with E-state index in [1.807, 2.05) is 0 Å². The Kier molecular flexibility index (Phi) is 1.95. The average molecular weight is 156 g/mol. The van der Waals surface area contributed by atoms with Gasteiger partial charge in [0.25, 0.3) is 0 Å². The molecule has 2 heteroatoms. The SMILES string of the molecule is CC(CC1CC1(C)C)C(=O)O.